The Morgan fingerprint density at radius 1 is 1.26 bits per heavy atom. The number of rotatable bonds is 2. The Balaban J connectivity index is 2.13. The highest BCUT2D eigenvalue weighted by molar-refractivity contribution is 9.10. The standard InChI is InChI=1S/C14H16BrClFNO/c15-10-5-6-11(12(17)9-10)13(16)14(19)18-7-3-1-2-4-8-18/h5-6,9,13H,1-4,7-8H2. The number of carbonyl (C=O) groups excluding carboxylic acids is 1. The summed E-state index contributed by atoms with van der Waals surface area (Å²) in [5.74, 6) is -0.637. The van der Waals surface area contributed by atoms with E-state index >= 15 is 0 Å². The zero-order valence-electron chi connectivity index (χ0n) is 10.5. The van der Waals surface area contributed by atoms with E-state index in [0.29, 0.717) is 4.47 Å². The number of hydrogen-bond donors (Lipinski definition) is 0. The van der Waals surface area contributed by atoms with E-state index in [2.05, 4.69) is 15.9 Å². The van der Waals surface area contributed by atoms with Crippen molar-refractivity contribution in [2.24, 2.45) is 0 Å². The molecule has 1 aromatic rings. The maximum atomic E-state index is 13.8. The minimum absolute atomic E-state index is 0.190. The molecule has 1 aliphatic heterocycles. The Hall–Kier alpha value is -0.610. The largest absolute Gasteiger partial charge is 0.341 e. The molecule has 0 radical (unpaired) electrons. The summed E-state index contributed by atoms with van der Waals surface area (Å²) >= 11 is 9.35. The zero-order valence-corrected chi connectivity index (χ0v) is 12.9. The molecule has 0 aromatic heterocycles. The lowest BCUT2D eigenvalue weighted by Crippen LogP contribution is -2.34. The lowest BCUT2D eigenvalue weighted by atomic mass is 10.1. The summed E-state index contributed by atoms with van der Waals surface area (Å²) in [6.45, 7) is 1.44. The van der Waals surface area contributed by atoms with Gasteiger partial charge in [0.1, 0.15) is 11.2 Å². The van der Waals surface area contributed by atoms with E-state index in [1.54, 1.807) is 17.0 Å². The van der Waals surface area contributed by atoms with E-state index in [-0.39, 0.29) is 11.5 Å². The van der Waals surface area contributed by atoms with Gasteiger partial charge in [0.2, 0.25) is 5.91 Å². The maximum Gasteiger partial charge on any atom is 0.245 e. The topological polar surface area (TPSA) is 20.3 Å². The van der Waals surface area contributed by atoms with Gasteiger partial charge in [0, 0.05) is 23.1 Å². The van der Waals surface area contributed by atoms with E-state index in [1.807, 2.05) is 0 Å². The predicted molar refractivity (Wildman–Crippen MR) is 77.7 cm³/mol. The molecular formula is C14H16BrClFNO. The first-order valence-corrected chi connectivity index (χ1v) is 7.70. The van der Waals surface area contributed by atoms with Gasteiger partial charge in [0.05, 0.1) is 0 Å². The first-order valence-electron chi connectivity index (χ1n) is 6.47. The molecule has 1 unspecified atom stereocenters. The third kappa shape index (κ3) is 3.69. The average Bonchev–Trinajstić information content (AvgIpc) is 2.66. The summed E-state index contributed by atoms with van der Waals surface area (Å²) in [5.41, 5.74) is 0.249. The highest BCUT2D eigenvalue weighted by Gasteiger charge is 2.26. The van der Waals surface area contributed by atoms with E-state index in [9.17, 15) is 9.18 Å². The molecule has 0 aliphatic carbocycles. The van der Waals surface area contributed by atoms with Gasteiger partial charge >= 0.3 is 0 Å². The number of nitrogens with zero attached hydrogens (tertiary/aromatic N) is 1. The molecule has 1 saturated heterocycles. The number of amides is 1. The van der Waals surface area contributed by atoms with Crippen LogP contribution in [0.2, 0.25) is 0 Å². The van der Waals surface area contributed by atoms with Gasteiger partial charge in [-0.25, -0.2) is 4.39 Å². The van der Waals surface area contributed by atoms with Crippen LogP contribution in [0.15, 0.2) is 22.7 Å². The third-order valence-electron chi connectivity index (χ3n) is 3.37. The fourth-order valence-electron chi connectivity index (χ4n) is 2.29. The second-order valence-electron chi connectivity index (χ2n) is 4.77. The molecule has 1 atom stereocenters. The minimum atomic E-state index is -0.939. The van der Waals surface area contributed by atoms with Crippen LogP contribution in [0.25, 0.3) is 0 Å². The normalized spacial score (nSPS) is 17.9. The molecule has 0 saturated carbocycles. The van der Waals surface area contributed by atoms with Gasteiger partial charge in [0.25, 0.3) is 0 Å². The molecule has 1 heterocycles. The molecular weight excluding hydrogens is 333 g/mol. The number of halogens is 3. The molecule has 0 bridgehead atoms. The lowest BCUT2D eigenvalue weighted by Gasteiger charge is -2.23. The molecule has 0 spiro atoms. The number of carbonyl (C=O) groups is 1. The fourth-order valence-corrected chi connectivity index (χ4v) is 2.94. The third-order valence-corrected chi connectivity index (χ3v) is 4.29. The van der Waals surface area contributed by atoms with Gasteiger partial charge in [-0.3, -0.25) is 4.79 Å². The smallest absolute Gasteiger partial charge is 0.245 e. The minimum Gasteiger partial charge on any atom is -0.341 e. The molecule has 1 fully saturated rings. The van der Waals surface area contributed by atoms with Crippen LogP contribution in [0.3, 0.4) is 0 Å². The molecule has 1 aliphatic rings. The summed E-state index contributed by atoms with van der Waals surface area (Å²) in [7, 11) is 0. The van der Waals surface area contributed by atoms with E-state index in [4.69, 9.17) is 11.6 Å². The molecule has 1 amide bonds. The van der Waals surface area contributed by atoms with Crippen molar-refractivity contribution in [2.45, 2.75) is 31.1 Å². The molecule has 0 N–H and O–H groups in total. The summed E-state index contributed by atoms with van der Waals surface area (Å²) in [6.07, 6.45) is 4.28. The highest BCUT2D eigenvalue weighted by atomic mass is 79.9. The number of hydrogen-bond acceptors (Lipinski definition) is 1. The van der Waals surface area contributed by atoms with Crippen molar-refractivity contribution in [3.63, 3.8) is 0 Å². The highest BCUT2D eigenvalue weighted by Crippen LogP contribution is 2.28. The molecule has 2 nitrogen and oxygen atoms in total. The van der Waals surface area contributed by atoms with Crippen LogP contribution in [0.5, 0.6) is 0 Å². The fraction of sp³-hybridized carbons (Fsp3) is 0.500. The van der Waals surface area contributed by atoms with Crippen LogP contribution in [-0.4, -0.2) is 23.9 Å². The van der Waals surface area contributed by atoms with Gasteiger partial charge in [-0.1, -0.05) is 34.8 Å². The predicted octanol–water partition coefficient (Wildman–Crippen LogP) is 4.27. The summed E-state index contributed by atoms with van der Waals surface area (Å²) in [5, 5.41) is -0.939. The lowest BCUT2D eigenvalue weighted by molar-refractivity contribution is -0.130. The Labute approximate surface area is 126 Å². The van der Waals surface area contributed by atoms with Crippen LogP contribution in [0.1, 0.15) is 36.6 Å². The zero-order chi connectivity index (χ0) is 13.8. The van der Waals surface area contributed by atoms with Crippen LogP contribution >= 0.6 is 27.5 Å². The molecule has 19 heavy (non-hydrogen) atoms. The number of benzene rings is 1. The number of alkyl halides is 1. The van der Waals surface area contributed by atoms with Gasteiger partial charge < -0.3 is 4.90 Å². The van der Waals surface area contributed by atoms with Gasteiger partial charge in [-0.15, -0.1) is 11.6 Å². The number of likely N-dealkylation sites (tertiary alicyclic amines) is 1. The monoisotopic (exact) mass is 347 g/mol. The Bertz CT molecular complexity index is 461. The maximum absolute atomic E-state index is 13.8. The Morgan fingerprint density at radius 2 is 1.89 bits per heavy atom. The van der Waals surface area contributed by atoms with Crippen LogP contribution in [0.4, 0.5) is 4.39 Å². The first-order chi connectivity index (χ1) is 9.09. The van der Waals surface area contributed by atoms with E-state index in [0.717, 1.165) is 38.8 Å². The van der Waals surface area contributed by atoms with Gasteiger partial charge in [-0.2, -0.15) is 0 Å². The Morgan fingerprint density at radius 3 is 2.47 bits per heavy atom. The van der Waals surface area contributed by atoms with Crippen molar-refractivity contribution < 1.29 is 9.18 Å². The molecule has 5 heteroatoms. The van der Waals surface area contributed by atoms with Crippen molar-refractivity contribution in [3.05, 3.63) is 34.1 Å². The van der Waals surface area contributed by atoms with Crippen LogP contribution in [0, 0.1) is 5.82 Å². The summed E-state index contributed by atoms with van der Waals surface area (Å²) in [4.78, 5) is 14.1. The summed E-state index contributed by atoms with van der Waals surface area (Å²) in [6, 6.07) is 4.59. The quantitative estimate of drug-likeness (QED) is 0.731. The van der Waals surface area contributed by atoms with Crippen molar-refractivity contribution >= 4 is 33.4 Å². The molecule has 1 aromatic carbocycles. The van der Waals surface area contributed by atoms with Crippen molar-refractivity contribution in [3.8, 4) is 0 Å². The Kier molecular flexibility index (Phi) is 5.22. The second kappa shape index (κ2) is 6.71. The van der Waals surface area contributed by atoms with Crippen molar-refractivity contribution in [1.29, 1.82) is 0 Å². The SMILES string of the molecule is O=C(C(Cl)c1ccc(Br)cc1F)N1CCCCCC1. The van der Waals surface area contributed by atoms with Crippen LogP contribution < -0.4 is 0 Å². The van der Waals surface area contributed by atoms with Crippen LogP contribution in [-0.2, 0) is 4.79 Å². The molecule has 104 valence electrons. The van der Waals surface area contributed by atoms with Crippen molar-refractivity contribution in [1.82, 2.24) is 4.90 Å². The molecule has 2 rings (SSSR count). The average molecular weight is 349 g/mol. The van der Waals surface area contributed by atoms with Crippen molar-refractivity contribution in [2.75, 3.05) is 13.1 Å². The van der Waals surface area contributed by atoms with Gasteiger partial charge in [0.15, 0.2) is 0 Å². The first kappa shape index (κ1) is 14.8. The second-order valence-corrected chi connectivity index (χ2v) is 6.12. The summed E-state index contributed by atoms with van der Waals surface area (Å²) < 4.78 is 14.5. The van der Waals surface area contributed by atoms with E-state index < -0.39 is 11.2 Å². The van der Waals surface area contributed by atoms with Gasteiger partial charge in [-0.05, 0) is 25.0 Å². The van der Waals surface area contributed by atoms with E-state index in [1.165, 1.54) is 6.07 Å².